The average Bonchev–Trinajstić information content (AvgIpc) is 3.24. The highest BCUT2D eigenvalue weighted by molar-refractivity contribution is 5.79. The first-order valence-corrected chi connectivity index (χ1v) is 9.50. The minimum absolute atomic E-state index is 0.235. The first kappa shape index (κ1) is 17.1. The van der Waals surface area contributed by atoms with Crippen LogP contribution in [0.4, 0.5) is 0 Å². The Morgan fingerprint density at radius 3 is 2.38 bits per heavy atom. The van der Waals surface area contributed by atoms with Crippen LogP contribution in [0.15, 0.2) is 30.3 Å². The highest BCUT2D eigenvalue weighted by Gasteiger charge is 2.43. The average molecular weight is 353 g/mol. The fourth-order valence-electron chi connectivity index (χ4n) is 4.57. The van der Waals surface area contributed by atoms with Gasteiger partial charge in [-0.2, -0.15) is 5.10 Å². The molecule has 1 unspecified atom stereocenters. The first-order valence-electron chi connectivity index (χ1n) is 9.50. The molecule has 4 rings (SSSR count). The normalized spacial score (nSPS) is 24.7. The van der Waals surface area contributed by atoms with Crippen LogP contribution in [0.2, 0.25) is 0 Å². The number of aromatic nitrogens is 2. The Morgan fingerprint density at radius 2 is 1.81 bits per heavy atom. The number of benzene rings is 1. The van der Waals surface area contributed by atoms with Crippen molar-refractivity contribution in [3.63, 3.8) is 0 Å². The molecule has 2 aromatic rings. The van der Waals surface area contributed by atoms with Crippen molar-refractivity contribution < 1.29 is 9.53 Å². The molecule has 1 aromatic heterocycles. The van der Waals surface area contributed by atoms with Crippen LogP contribution >= 0.6 is 0 Å². The molecule has 0 bridgehead atoms. The van der Waals surface area contributed by atoms with E-state index >= 15 is 0 Å². The Bertz CT molecular complexity index is 785. The van der Waals surface area contributed by atoms with E-state index < -0.39 is 0 Å². The molecule has 2 aliphatic rings. The van der Waals surface area contributed by atoms with Gasteiger partial charge in [-0.1, -0.05) is 18.2 Å². The second kappa shape index (κ2) is 6.78. The molecular formula is C21H27N3O2. The van der Waals surface area contributed by atoms with Crippen LogP contribution in [0.1, 0.15) is 29.8 Å². The summed E-state index contributed by atoms with van der Waals surface area (Å²) in [4.78, 5) is 14.8. The maximum Gasteiger partial charge on any atom is 0.227 e. The van der Waals surface area contributed by atoms with Crippen molar-refractivity contribution in [2.45, 2.75) is 39.2 Å². The molecule has 0 N–H and O–H groups in total. The topological polar surface area (TPSA) is 47.4 Å². The third-order valence-corrected chi connectivity index (χ3v) is 6.09. The number of amides is 1. The molecule has 1 saturated heterocycles. The zero-order chi connectivity index (χ0) is 18.3. The summed E-state index contributed by atoms with van der Waals surface area (Å²) < 4.78 is 7.99. The summed E-state index contributed by atoms with van der Waals surface area (Å²) in [5.41, 5.74) is 3.14. The van der Waals surface area contributed by atoms with Crippen molar-refractivity contribution in [1.29, 1.82) is 0 Å². The van der Waals surface area contributed by atoms with Gasteiger partial charge in [-0.05, 0) is 50.7 Å². The Morgan fingerprint density at radius 1 is 1.15 bits per heavy atom. The van der Waals surface area contributed by atoms with E-state index in [4.69, 9.17) is 4.74 Å². The van der Waals surface area contributed by atoms with Gasteiger partial charge in [0, 0.05) is 31.4 Å². The van der Waals surface area contributed by atoms with E-state index in [0.29, 0.717) is 18.3 Å². The lowest BCUT2D eigenvalue weighted by Gasteiger charge is -2.20. The van der Waals surface area contributed by atoms with Crippen LogP contribution in [0.3, 0.4) is 0 Å². The van der Waals surface area contributed by atoms with Crippen LogP contribution in [0.5, 0.6) is 5.75 Å². The van der Waals surface area contributed by atoms with Crippen molar-refractivity contribution in [3.05, 3.63) is 47.3 Å². The Balaban J connectivity index is 1.33. The number of carbonyl (C=O) groups is 1. The number of rotatable bonds is 4. The van der Waals surface area contributed by atoms with Crippen LogP contribution in [0, 0.1) is 25.7 Å². The fraction of sp³-hybridized carbons (Fsp3) is 0.524. The van der Waals surface area contributed by atoms with Gasteiger partial charge in [0.15, 0.2) is 0 Å². The molecule has 1 aliphatic carbocycles. The predicted molar refractivity (Wildman–Crippen MR) is 100 cm³/mol. The van der Waals surface area contributed by atoms with E-state index in [9.17, 15) is 4.79 Å². The second-order valence-electron chi connectivity index (χ2n) is 7.79. The number of ether oxygens (including phenoxy) is 1. The van der Waals surface area contributed by atoms with Gasteiger partial charge in [0.25, 0.3) is 0 Å². The third-order valence-electron chi connectivity index (χ3n) is 6.09. The summed E-state index contributed by atoms with van der Waals surface area (Å²) in [5.74, 6) is 2.33. The van der Waals surface area contributed by atoms with E-state index in [1.165, 1.54) is 0 Å². The highest BCUT2D eigenvalue weighted by atomic mass is 16.5. The maximum absolute atomic E-state index is 12.8. The first-order chi connectivity index (χ1) is 12.5. The summed E-state index contributed by atoms with van der Waals surface area (Å²) in [6, 6.07) is 10.1. The van der Waals surface area contributed by atoms with Crippen LogP contribution in [-0.2, 0) is 18.3 Å². The molecule has 1 aromatic carbocycles. The number of hydrogen-bond donors (Lipinski definition) is 0. The lowest BCUT2D eigenvalue weighted by Crippen LogP contribution is -2.32. The number of carbonyl (C=O) groups excluding carboxylic acids is 1. The minimum atomic E-state index is 0.235. The number of aryl methyl sites for hydroxylation is 2. The van der Waals surface area contributed by atoms with Gasteiger partial charge in [0.1, 0.15) is 5.75 Å². The molecule has 1 aliphatic heterocycles. The summed E-state index contributed by atoms with van der Waals surface area (Å²) >= 11 is 0. The summed E-state index contributed by atoms with van der Waals surface area (Å²) in [6.45, 7) is 5.76. The number of fused-ring (bicyclic) bond motifs is 1. The van der Waals surface area contributed by atoms with Gasteiger partial charge in [-0.3, -0.25) is 9.48 Å². The van der Waals surface area contributed by atoms with Gasteiger partial charge >= 0.3 is 0 Å². The lowest BCUT2D eigenvalue weighted by atomic mass is 10.0. The lowest BCUT2D eigenvalue weighted by molar-refractivity contribution is -0.129. The molecule has 138 valence electrons. The molecule has 5 heteroatoms. The summed E-state index contributed by atoms with van der Waals surface area (Å²) in [5, 5.41) is 4.43. The molecule has 1 saturated carbocycles. The van der Waals surface area contributed by atoms with Crippen molar-refractivity contribution in [3.8, 4) is 5.75 Å². The molecule has 3 atom stereocenters. The minimum Gasteiger partial charge on any atom is -0.490 e. The molecule has 2 heterocycles. The number of para-hydroxylation sites is 1. The zero-order valence-corrected chi connectivity index (χ0v) is 15.8. The monoisotopic (exact) mass is 353 g/mol. The molecule has 0 radical (unpaired) electrons. The quantitative estimate of drug-likeness (QED) is 0.849. The third kappa shape index (κ3) is 3.22. The number of likely N-dealkylation sites (tertiary alicyclic amines) is 1. The standard InChI is InChI=1S/C21H27N3O2/c1-14-20(15(2)23(3)22-14)11-21(25)24-12-16-9-19(10-17(16)13-24)26-18-7-5-4-6-8-18/h4-8,16-17,19H,9-13H2,1-3H3/t16-,17+,19?. The van der Waals surface area contributed by atoms with E-state index in [2.05, 4.69) is 10.00 Å². The highest BCUT2D eigenvalue weighted by Crippen LogP contribution is 2.40. The van der Waals surface area contributed by atoms with Gasteiger partial charge in [-0.25, -0.2) is 0 Å². The molecule has 26 heavy (non-hydrogen) atoms. The van der Waals surface area contributed by atoms with Gasteiger partial charge in [0.05, 0.1) is 18.2 Å². The SMILES string of the molecule is Cc1nn(C)c(C)c1CC(=O)N1C[C@H]2CC(Oc3ccccc3)C[C@H]2C1. The van der Waals surface area contributed by atoms with Crippen molar-refractivity contribution in [2.75, 3.05) is 13.1 Å². The number of nitrogens with zero attached hydrogens (tertiary/aromatic N) is 3. The molecule has 0 spiro atoms. The second-order valence-corrected chi connectivity index (χ2v) is 7.79. The largest absolute Gasteiger partial charge is 0.490 e. The smallest absolute Gasteiger partial charge is 0.227 e. The summed E-state index contributed by atoms with van der Waals surface area (Å²) in [7, 11) is 1.93. The molecule has 5 nitrogen and oxygen atoms in total. The molecular weight excluding hydrogens is 326 g/mol. The van der Waals surface area contributed by atoms with E-state index in [-0.39, 0.29) is 12.0 Å². The van der Waals surface area contributed by atoms with E-state index in [1.807, 2.05) is 55.9 Å². The van der Waals surface area contributed by atoms with Gasteiger partial charge in [-0.15, -0.1) is 0 Å². The van der Waals surface area contributed by atoms with Crippen molar-refractivity contribution >= 4 is 5.91 Å². The Labute approximate surface area is 154 Å². The van der Waals surface area contributed by atoms with E-state index in [1.54, 1.807) is 0 Å². The molecule has 2 fully saturated rings. The Kier molecular flexibility index (Phi) is 4.47. The van der Waals surface area contributed by atoms with Crippen LogP contribution in [-0.4, -0.2) is 39.8 Å². The molecule has 1 amide bonds. The maximum atomic E-state index is 12.8. The van der Waals surface area contributed by atoms with E-state index in [0.717, 1.165) is 48.6 Å². The Hall–Kier alpha value is -2.30. The van der Waals surface area contributed by atoms with Crippen LogP contribution in [0.25, 0.3) is 0 Å². The summed E-state index contributed by atoms with van der Waals surface area (Å²) in [6.07, 6.45) is 2.85. The fourth-order valence-corrected chi connectivity index (χ4v) is 4.57. The van der Waals surface area contributed by atoms with Crippen LogP contribution < -0.4 is 4.74 Å². The van der Waals surface area contributed by atoms with Crippen molar-refractivity contribution in [1.82, 2.24) is 14.7 Å². The predicted octanol–water partition coefficient (Wildman–Crippen LogP) is 2.90. The van der Waals surface area contributed by atoms with Gasteiger partial charge < -0.3 is 9.64 Å². The number of hydrogen-bond acceptors (Lipinski definition) is 3. The zero-order valence-electron chi connectivity index (χ0n) is 15.8. The van der Waals surface area contributed by atoms with Gasteiger partial charge in [0.2, 0.25) is 5.91 Å². The van der Waals surface area contributed by atoms with Crippen molar-refractivity contribution in [2.24, 2.45) is 18.9 Å².